The minimum absolute atomic E-state index is 0.0108. The Labute approximate surface area is 112 Å². The maximum Gasteiger partial charge on any atom is 0.253 e. The van der Waals surface area contributed by atoms with E-state index in [0.717, 1.165) is 0 Å². The van der Waals surface area contributed by atoms with Gasteiger partial charge in [-0.3, -0.25) is 4.79 Å². The van der Waals surface area contributed by atoms with E-state index in [4.69, 9.17) is 10.5 Å². The topological polar surface area (TPSA) is 64.3 Å². The highest BCUT2D eigenvalue weighted by molar-refractivity contribution is 7.99. The van der Waals surface area contributed by atoms with Crippen LogP contribution in [0.5, 0.6) is 5.75 Å². The highest BCUT2D eigenvalue weighted by Crippen LogP contribution is 2.21. The number of anilines is 1. The summed E-state index contributed by atoms with van der Waals surface area (Å²) in [7, 11) is 1.56. The zero-order valence-electron chi connectivity index (χ0n) is 11.2. The first-order valence-corrected chi connectivity index (χ1v) is 6.89. The molecule has 0 fully saturated rings. The molecule has 0 spiro atoms. The average molecular weight is 268 g/mol. The van der Waals surface area contributed by atoms with Gasteiger partial charge < -0.3 is 15.8 Å². The maximum absolute atomic E-state index is 12.0. The van der Waals surface area contributed by atoms with Gasteiger partial charge in [0.2, 0.25) is 0 Å². The maximum atomic E-state index is 12.0. The van der Waals surface area contributed by atoms with Crippen molar-refractivity contribution in [1.82, 2.24) is 5.32 Å². The van der Waals surface area contributed by atoms with Crippen LogP contribution < -0.4 is 15.8 Å². The minimum Gasteiger partial charge on any atom is -0.497 e. The third-order valence-corrected chi connectivity index (χ3v) is 3.98. The molecule has 1 aromatic carbocycles. The summed E-state index contributed by atoms with van der Waals surface area (Å²) in [4.78, 5) is 12.0. The lowest BCUT2D eigenvalue weighted by molar-refractivity contribution is 0.0951. The van der Waals surface area contributed by atoms with Gasteiger partial charge in [0.1, 0.15) is 5.75 Å². The van der Waals surface area contributed by atoms with Crippen molar-refractivity contribution in [3.63, 3.8) is 0 Å². The molecule has 0 saturated carbocycles. The third-order valence-electron chi connectivity index (χ3n) is 2.73. The number of nitrogens with one attached hydrogen (secondary N) is 1. The molecule has 0 aliphatic rings. The van der Waals surface area contributed by atoms with Crippen LogP contribution in [0.1, 0.15) is 24.2 Å². The van der Waals surface area contributed by atoms with Gasteiger partial charge in [-0.05, 0) is 32.2 Å². The molecule has 0 aliphatic carbocycles. The molecule has 100 valence electrons. The molecule has 0 unspecified atom stereocenters. The largest absolute Gasteiger partial charge is 0.497 e. The summed E-state index contributed by atoms with van der Waals surface area (Å²) in [5.74, 6) is 0.491. The van der Waals surface area contributed by atoms with Gasteiger partial charge in [-0.2, -0.15) is 11.8 Å². The predicted octanol–water partition coefficient (Wildman–Crippen LogP) is 2.15. The third kappa shape index (κ3) is 3.84. The number of ether oxygens (including phenoxy) is 1. The number of rotatable bonds is 5. The zero-order chi connectivity index (χ0) is 13.8. The molecule has 18 heavy (non-hydrogen) atoms. The molecular weight excluding hydrogens is 248 g/mol. The van der Waals surface area contributed by atoms with Crippen LogP contribution in [0, 0.1) is 0 Å². The van der Waals surface area contributed by atoms with Crippen LogP contribution in [0.4, 0.5) is 5.69 Å². The second-order valence-electron chi connectivity index (χ2n) is 4.60. The molecule has 1 rings (SSSR count). The van der Waals surface area contributed by atoms with Gasteiger partial charge in [-0.15, -0.1) is 0 Å². The molecule has 0 bridgehead atoms. The van der Waals surface area contributed by atoms with E-state index in [9.17, 15) is 4.79 Å². The van der Waals surface area contributed by atoms with Crippen LogP contribution in [0.15, 0.2) is 18.2 Å². The number of carbonyl (C=O) groups excluding carboxylic acids is 1. The Kier molecular flexibility index (Phi) is 4.90. The van der Waals surface area contributed by atoms with Crippen molar-refractivity contribution >= 4 is 23.4 Å². The smallest absolute Gasteiger partial charge is 0.253 e. The van der Waals surface area contributed by atoms with Gasteiger partial charge in [-0.1, -0.05) is 0 Å². The normalized spacial score (nSPS) is 11.1. The summed E-state index contributed by atoms with van der Waals surface area (Å²) in [6, 6.07) is 5.05. The van der Waals surface area contributed by atoms with E-state index in [1.165, 1.54) is 0 Å². The Morgan fingerprint density at radius 1 is 1.50 bits per heavy atom. The van der Waals surface area contributed by atoms with E-state index in [1.807, 2.05) is 6.26 Å². The molecule has 0 radical (unpaired) electrons. The van der Waals surface area contributed by atoms with E-state index in [2.05, 4.69) is 19.2 Å². The Hall–Kier alpha value is -1.36. The van der Waals surface area contributed by atoms with Crippen LogP contribution in [0.2, 0.25) is 0 Å². The molecular formula is C13H20N2O2S. The van der Waals surface area contributed by atoms with Gasteiger partial charge >= 0.3 is 0 Å². The van der Waals surface area contributed by atoms with Crippen LogP contribution in [-0.4, -0.2) is 30.6 Å². The van der Waals surface area contributed by atoms with Crippen molar-refractivity contribution in [2.45, 2.75) is 18.6 Å². The van der Waals surface area contributed by atoms with Gasteiger partial charge in [0.15, 0.2) is 0 Å². The molecule has 3 N–H and O–H groups in total. The number of benzene rings is 1. The molecule has 0 aliphatic heterocycles. The lowest BCUT2D eigenvalue weighted by Gasteiger charge is -2.22. The number of methoxy groups -OCH3 is 1. The Morgan fingerprint density at radius 3 is 2.67 bits per heavy atom. The van der Waals surface area contributed by atoms with Crippen LogP contribution in [0.25, 0.3) is 0 Å². The summed E-state index contributed by atoms with van der Waals surface area (Å²) in [6.45, 7) is 4.75. The molecule has 0 aromatic heterocycles. The van der Waals surface area contributed by atoms with Gasteiger partial charge in [0, 0.05) is 23.0 Å². The quantitative estimate of drug-likeness (QED) is 0.803. The summed E-state index contributed by atoms with van der Waals surface area (Å²) >= 11 is 1.71. The second-order valence-corrected chi connectivity index (χ2v) is 6.11. The van der Waals surface area contributed by atoms with E-state index in [0.29, 0.717) is 23.5 Å². The van der Waals surface area contributed by atoms with Crippen LogP contribution in [-0.2, 0) is 0 Å². The number of nitrogens with two attached hydrogens (primary N) is 1. The minimum atomic E-state index is -0.155. The molecule has 5 heteroatoms. The standard InChI is InChI=1S/C13H20N2O2S/c1-13(2,18-4)8-15-12(16)10-6-5-9(17-3)7-11(10)14/h5-7H,8,14H2,1-4H3,(H,15,16). The van der Waals surface area contributed by atoms with E-state index in [1.54, 1.807) is 37.1 Å². The number of hydrogen-bond acceptors (Lipinski definition) is 4. The average Bonchev–Trinajstić information content (AvgIpc) is 2.36. The summed E-state index contributed by atoms with van der Waals surface area (Å²) in [5.41, 5.74) is 6.73. The SMILES string of the molecule is COc1ccc(C(=O)NCC(C)(C)SC)c(N)c1. The Bertz CT molecular complexity index is 433. The fourth-order valence-corrected chi connectivity index (χ4v) is 1.55. The number of amides is 1. The fraction of sp³-hybridized carbons (Fsp3) is 0.462. The first-order chi connectivity index (χ1) is 8.39. The summed E-state index contributed by atoms with van der Waals surface area (Å²) < 4.78 is 5.06. The monoisotopic (exact) mass is 268 g/mol. The number of carbonyl (C=O) groups is 1. The summed E-state index contributed by atoms with van der Waals surface area (Å²) in [5, 5.41) is 2.89. The van der Waals surface area contributed by atoms with E-state index < -0.39 is 0 Å². The first kappa shape index (κ1) is 14.7. The lowest BCUT2D eigenvalue weighted by atomic mass is 10.1. The molecule has 0 heterocycles. The molecule has 4 nitrogen and oxygen atoms in total. The van der Waals surface area contributed by atoms with Crippen molar-refractivity contribution in [3.8, 4) is 5.75 Å². The van der Waals surface area contributed by atoms with Gasteiger partial charge in [0.25, 0.3) is 5.91 Å². The highest BCUT2D eigenvalue weighted by atomic mass is 32.2. The molecule has 0 saturated heterocycles. The fourth-order valence-electron chi connectivity index (χ4n) is 1.34. The van der Waals surface area contributed by atoms with E-state index >= 15 is 0 Å². The lowest BCUT2D eigenvalue weighted by Crippen LogP contribution is -2.36. The van der Waals surface area contributed by atoms with Crippen molar-refractivity contribution in [2.75, 3.05) is 25.6 Å². The van der Waals surface area contributed by atoms with Crippen LogP contribution >= 0.6 is 11.8 Å². The van der Waals surface area contributed by atoms with Crippen molar-refractivity contribution in [3.05, 3.63) is 23.8 Å². The zero-order valence-corrected chi connectivity index (χ0v) is 12.1. The predicted molar refractivity (Wildman–Crippen MR) is 77.3 cm³/mol. The van der Waals surface area contributed by atoms with Gasteiger partial charge in [-0.25, -0.2) is 0 Å². The van der Waals surface area contributed by atoms with Crippen molar-refractivity contribution in [2.24, 2.45) is 0 Å². The highest BCUT2D eigenvalue weighted by Gasteiger charge is 2.18. The molecule has 0 atom stereocenters. The van der Waals surface area contributed by atoms with Gasteiger partial charge in [0.05, 0.1) is 12.7 Å². The number of thioether (sulfide) groups is 1. The van der Waals surface area contributed by atoms with E-state index in [-0.39, 0.29) is 10.7 Å². The van der Waals surface area contributed by atoms with Crippen molar-refractivity contribution in [1.29, 1.82) is 0 Å². The number of hydrogen-bond donors (Lipinski definition) is 2. The Balaban J connectivity index is 2.73. The molecule has 1 amide bonds. The molecule has 1 aromatic rings. The summed E-state index contributed by atoms with van der Waals surface area (Å²) in [6.07, 6.45) is 2.02. The number of nitrogen functional groups attached to an aromatic ring is 1. The Morgan fingerprint density at radius 2 is 2.17 bits per heavy atom. The van der Waals surface area contributed by atoms with Crippen molar-refractivity contribution < 1.29 is 9.53 Å². The second kappa shape index (κ2) is 6.00. The first-order valence-electron chi connectivity index (χ1n) is 5.66. The van der Waals surface area contributed by atoms with Crippen LogP contribution in [0.3, 0.4) is 0 Å².